The van der Waals surface area contributed by atoms with Crippen molar-refractivity contribution in [2.45, 2.75) is 32.6 Å². The highest BCUT2D eigenvalue weighted by Crippen LogP contribution is 2.28. The number of rotatable bonds is 5. The van der Waals surface area contributed by atoms with Crippen molar-refractivity contribution in [1.29, 1.82) is 0 Å². The molecule has 1 rings (SSSR count). The fourth-order valence-corrected chi connectivity index (χ4v) is 1.02. The smallest absolute Gasteiger partial charge is 0.223 e. The zero-order valence-electron chi connectivity index (χ0n) is 7.68. The van der Waals surface area contributed by atoms with Gasteiger partial charge in [0.1, 0.15) is 0 Å². The van der Waals surface area contributed by atoms with E-state index < -0.39 is 0 Å². The van der Waals surface area contributed by atoms with Gasteiger partial charge in [-0.25, -0.2) is 0 Å². The number of allylic oxidation sites excluding steroid dienone is 1. The largest absolute Gasteiger partial charge is 0.352 e. The molecule has 0 aromatic carbocycles. The van der Waals surface area contributed by atoms with E-state index in [4.69, 9.17) is 0 Å². The number of unbranched alkanes of at least 4 members (excludes halogenated alkanes) is 1. The Labute approximate surface area is 74.0 Å². The molecule has 1 amide bonds. The maximum atomic E-state index is 11.1. The molecule has 1 N–H and O–H groups in total. The van der Waals surface area contributed by atoms with Gasteiger partial charge in [0.2, 0.25) is 5.91 Å². The molecule has 0 bridgehead atoms. The van der Waals surface area contributed by atoms with Gasteiger partial charge in [0.05, 0.1) is 0 Å². The lowest BCUT2D eigenvalue weighted by Gasteiger charge is -1.98. The molecule has 1 fully saturated rings. The molecule has 2 nitrogen and oxygen atoms in total. The molecule has 0 saturated heterocycles. The van der Waals surface area contributed by atoms with Crippen molar-refractivity contribution in [1.82, 2.24) is 5.32 Å². The van der Waals surface area contributed by atoms with Gasteiger partial charge in [0.25, 0.3) is 0 Å². The lowest BCUT2D eigenvalue weighted by molar-refractivity contribution is -0.122. The van der Waals surface area contributed by atoms with Gasteiger partial charge in [-0.05, 0) is 19.3 Å². The van der Waals surface area contributed by atoms with Gasteiger partial charge in [-0.15, -0.1) is 0 Å². The lowest BCUT2D eigenvalue weighted by Crippen LogP contribution is -2.24. The van der Waals surface area contributed by atoms with Crippen LogP contribution in [0.25, 0.3) is 0 Å². The van der Waals surface area contributed by atoms with Gasteiger partial charge in [-0.3, -0.25) is 4.79 Å². The monoisotopic (exact) mass is 167 g/mol. The summed E-state index contributed by atoms with van der Waals surface area (Å²) in [4.78, 5) is 11.1. The van der Waals surface area contributed by atoms with E-state index in [2.05, 4.69) is 18.3 Å². The van der Waals surface area contributed by atoms with Crippen molar-refractivity contribution < 1.29 is 4.79 Å². The molecule has 1 aliphatic carbocycles. The highest BCUT2D eigenvalue weighted by molar-refractivity contribution is 5.80. The van der Waals surface area contributed by atoms with E-state index in [9.17, 15) is 4.79 Å². The fourth-order valence-electron chi connectivity index (χ4n) is 1.02. The Morgan fingerprint density at radius 2 is 2.25 bits per heavy atom. The average molecular weight is 167 g/mol. The van der Waals surface area contributed by atoms with E-state index in [0.717, 1.165) is 19.3 Å². The molecule has 1 saturated carbocycles. The Balaban J connectivity index is 1.97. The highest BCUT2D eigenvalue weighted by Gasteiger charge is 2.28. The van der Waals surface area contributed by atoms with Gasteiger partial charge in [-0.2, -0.15) is 0 Å². The Bertz CT molecular complexity index is 171. The lowest BCUT2D eigenvalue weighted by atomic mass is 10.3. The van der Waals surface area contributed by atoms with Gasteiger partial charge < -0.3 is 5.32 Å². The van der Waals surface area contributed by atoms with Gasteiger partial charge >= 0.3 is 0 Å². The molecule has 0 heterocycles. The van der Waals surface area contributed by atoms with E-state index in [1.54, 1.807) is 0 Å². The normalized spacial score (nSPS) is 16.8. The first kappa shape index (κ1) is 9.30. The van der Waals surface area contributed by atoms with Crippen molar-refractivity contribution >= 4 is 5.91 Å². The topological polar surface area (TPSA) is 29.1 Å². The number of amides is 1. The van der Waals surface area contributed by atoms with E-state index in [0.29, 0.717) is 12.5 Å². The number of carbonyl (C=O) groups excluding carboxylic acids is 1. The molecular weight excluding hydrogens is 150 g/mol. The third kappa shape index (κ3) is 3.56. The highest BCUT2D eigenvalue weighted by atomic mass is 16.2. The van der Waals surface area contributed by atoms with Crippen molar-refractivity contribution in [3.8, 4) is 0 Å². The number of hydrogen-bond acceptors (Lipinski definition) is 1. The molecule has 2 heteroatoms. The molecule has 0 radical (unpaired) electrons. The Kier molecular flexibility index (Phi) is 3.85. The Morgan fingerprint density at radius 1 is 1.50 bits per heavy atom. The summed E-state index contributed by atoms with van der Waals surface area (Å²) < 4.78 is 0. The van der Waals surface area contributed by atoms with Crippen LogP contribution in [0.5, 0.6) is 0 Å². The van der Waals surface area contributed by atoms with E-state index >= 15 is 0 Å². The summed E-state index contributed by atoms with van der Waals surface area (Å²) in [5, 5.41) is 2.88. The number of nitrogens with one attached hydrogen (secondary N) is 1. The molecule has 0 atom stereocenters. The van der Waals surface area contributed by atoms with Crippen LogP contribution in [-0.2, 0) is 4.79 Å². The van der Waals surface area contributed by atoms with Crippen LogP contribution in [0.4, 0.5) is 0 Å². The summed E-state index contributed by atoms with van der Waals surface area (Å²) in [6.07, 6.45) is 8.61. The minimum atomic E-state index is 0.233. The summed E-state index contributed by atoms with van der Waals surface area (Å²) in [6, 6.07) is 0. The molecule has 68 valence electrons. The number of hydrogen-bond donors (Lipinski definition) is 1. The van der Waals surface area contributed by atoms with Gasteiger partial charge in [-0.1, -0.05) is 25.5 Å². The molecule has 12 heavy (non-hydrogen) atoms. The second-order valence-electron chi connectivity index (χ2n) is 3.28. The molecule has 0 unspecified atom stereocenters. The first-order valence-electron chi connectivity index (χ1n) is 4.77. The second-order valence-corrected chi connectivity index (χ2v) is 3.28. The quantitative estimate of drug-likeness (QED) is 0.622. The van der Waals surface area contributed by atoms with Crippen LogP contribution in [0, 0.1) is 5.92 Å². The third-order valence-corrected chi connectivity index (χ3v) is 1.96. The second kappa shape index (κ2) is 4.96. The van der Waals surface area contributed by atoms with Crippen molar-refractivity contribution in [2.75, 3.05) is 6.54 Å². The van der Waals surface area contributed by atoms with Crippen LogP contribution in [0.15, 0.2) is 12.2 Å². The zero-order chi connectivity index (χ0) is 8.81. The number of carbonyl (C=O) groups is 1. The maximum Gasteiger partial charge on any atom is 0.223 e. The third-order valence-electron chi connectivity index (χ3n) is 1.96. The van der Waals surface area contributed by atoms with Crippen LogP contribution in [0.2, 0.25) is 0 Å². The molecule has 0 aromatic heterocycles. The average Bonchev–Trinajstić information content (AvgIpc) is 2.86. The van der Waals surface area contributed by atoms with Crippen molar-refractivity contribution in [2.24, 2.45) is 5.92 Å². The first-order chi connectivity index (χ1) is 5.84. The first-order valence-corrected chi connectivity index (χ1v) is 4.77. The van der Waals surface area contributed by atoms with Gasteiger partial charge in [0.15, 0.2) is 0 Å². The summed E-state index contributed by atoms with van der Waals surface area (Å²) in [6.45, 7) is 2.85. The van der Waals surface area contributed by atoms with Crippen LogP contribution in [0.1, 0.15) is 32.6 Å². The molecule has 1 aliphatic rings. The summed E-state index contributed by atoms with van der Waals surface area (Å²) in [5.41, 5.74) is 0. The van der Waals surface area contributed by atoms with Crippen LogP contribution < -0.4 is 5.32 Å². The molecular formula is C10H17NO. The van der Waals surface area contributed by atoms with Crippen molar-refractivity contribution in [3.05, 3.63) is 12.2 Å². The predicted octanol–water partition coefficient (Wildman–Crippen LogP) is 1.87. The summed E-state index contributed by atoms with van der Waals surface area (Å²) >= 11 is 0. The SMILES string of the molecule is CCC/C=C\CNC(=O)C1CC1. The van der Waals surface area contributed by atoms with Gasteiger partial charge in [0, 0.05) is 12.5 Å². The molecule has 0 aliphatic heterocycles. The predicted molar refractivity (Wildman–Crippen MR) is 49.8 cm³/mol. The zero-order valence-corrected chi connectivity index (χ0v) is 7.68. The summed E-state index contributed by atoms with van der Waals surface area (Å²) in [5.74, 6) is 0.570. The fraction of sp³-hybridized carbons (Fsp3) is 0.700. The van der Waals surface area contributed by atoms with Crippen molar-refractivity contribution in [3.63, 3.8) is 0 Å². The Morgan fingerprint density at radius 3 is 2.83 bits per heavy atom. The Hall–Kier alpha value is -0.790. The van der Waals surface area contributed by atoms with Crippen LogP contribution in [0.3, 0.4) is 0 Å². The van der Waals surface area contributed by atoms with E-state index in [1.807, 2.05) is 6.08 Å². The summed E-state index contributed by atoms with van der Waals surface area (Å²) in [7, 11) is 0. The van der Waals surface area contributed by atoms with Crippen LogP contribution in [-0.4, -0.2) is 12.5 Å². The maximum absolute atomic E-state index is 11.1. The minimum absolute atomic E-state index is 0.233. The molecule has 0 spiro atoms. The van der Waals surface area contributed by atoms with E-state index in [1.165, 1.54) is 6.42 Å². The molecule has 0 aromatic rings. The van der Waals surface area contributed by atoms with E-state index in [-0.39, 0.29) is 5.91 Å². The van der Waals surface area contributed by atoms with Crippen LogP contribution >= 0.6 is 0 Å². The minimum Gasteiger partial charge on any atom is -0.352 e. The standard InChI is InChI=1S/C10H17NO/c1-2-3-4-5-8-11-10(12)9-6-7-9/h4-5,9H,2-3,6-8H2,1H3,(H,11,12)/b5-4-.